The molecule has 0 aromatic heterocycles. The molecule has 1 fully saturated rings. The monoisotopic (exact) mass is 174 g/mol. The van der Waals surface area contributed by atoms with Crippen LogP contribution < -0.4 is 0 Å². The highest BCUT2D eigenvalue weighted by Gasteiger charge is 2.24. The summed E-state index contributed by atoms with van der Waals surface area (Å²) in [6.45, 7) is -0.349. The van der Waals surface area contributed by atoms with Gasteiger partial charge in [-0.25, -0.2) is 0 Å². The fraction of sp³-hybridized carbons (Fsp3) is 0.875. The molecule has 1 rings (SSSR count). The first-order chi connectivity index (χ1) is 5.74. The summed E-state index contributed by atoms with van der Waals surface area (Å²) in [5.74, 6) is -0.273. The SMILES string of the molecule is O=C1CCCCC(C(O)CO)O1. The summed E-state index contributed by atoms with van der Waals surface area (Å²) in [6.07, 6.45) is 1.32. The van der Waals surface area contributed by atoms with Crippen LogP contribution in [0.4, 0.5) is 0 Å². The lowest BCUT2D eigenvalue weighted by Gasteiger charge is -2.18. The predicted octanol–water partition coefficient (Wildman–Crippen LogP) is -0.175. The molecule has 1 heterocycles. The number of carbonyl (C=O) groups excluding carboxylic acids is 1. The number of rotatable bonds is 2. The Labute approximate surface area is 71.2 Å². The predicted molar refractivity (Wildman–Crippen MR) is 41.4 cm³/mol. The molecule has 0 aliphatic carbocycles. The molecule has 70 valence electrons. The Morgan fingerprint density at radius 1 is 1.58 bits per heavy atom. The Bertz CT molecular complexity index is 157. The zero-order valence-corrected chi connectivity index (χ0v) is 6.90. The maximum atomic E-state index is 10.9. The summed E-state index contributed by atoms with van der Waals surface area (Å²) in [5, 5.41) is 17.8. The molecular formula is C8H14O4. The van der Waals surface area contributed by atoms with Crippen LogP contribution in [-0.2, 0) is 9.53 Å². The van der Waals surface area contributed by atoms with Gasteiger partial charge in [-0.15, -0.1) is 0 Å². The highest BCUT2D eigenvalue weighted by Crippen LogP contribution is 2.16. The van der Waals surface area contributed by atoms with Crippen molar-refractivity contribution in [2.75, 3.05) is 6.61 Å². The summed E-state index contributed by atoms with van der Waals surface area (Å²) in [7, 11) is 0. The molecule has 4 heteroatoms. The third-order valence-corrected chi connectivity index (χ3v) is 2.02. The van der Waals surface area contributed by atoms with Crippen LogP contribution in [-0.4, -0.2) is 35.0 Å². The van der Waals surface area contributed by atoms with Crippen molar-refractivity contribution in [1.29, 1.82) is 0 Å². The Morgan fingerprint density at radius 2 is 2.33 bits per heavy atom. The number of hydrogen-bond donors (Lipinski definition) is 2. The van der Waals surface area contributed by atoms with Crippen LogP contribution in [0.15, 0.2) is 0 Å². The topological polar surface area (TPSA) is 66.8 Å². The number of cyclic esters (lactones) is 1. The van der Waals surface area contributed by atoms with Gasteiger partial charge in [-0.1, -0.05) is 0 Å². The zero-order valence-electron chi connectivity index (χ0n) is 6.90. The summed E-state index contributed by atoms with van der Waals surface area (Å²) >= 11 is 0. The molecule has 1 saturated heterocycles. The summed E-state index contributed by atoms with van der Waals surface area (Å²) in [5.41, 5.74) is 0. The van der Waals surface area contributed by atoms with Crippen molar-refractivity contribution in [1.82, 2.24) is 0 Å². The van der Waals surface area contributed by atoms with E-state index in [4.69, 9.17) is 9.84 Å². The third-order valence-electron chi connectivity index (χ3n) is 2.02. The van der Waals surface area contributed by atoms with Gasteiger partial charge in [-0.05, 0) is 19.3 Å². The quantitative estimate of drug-likeness (QED) is 0.570. The Balaban J connectivity index is 2.46. The van der Waals surface area contributed by atoms with E-state index < -0.39 is 12.2 Å². The highest BCUT2D eigenvalue weighted by atomic mass is 16.6. The van der Waals surface area contributed by atoms with Crippen molar-refractivity contribution in [3.8, 4) is 0 Å². The molecule has 0 bridgehead atoms. The van der Waals surface area contributed by atoms with Gasteiger partial charge in [0.1, 0.15) is 12.2 Å². The summed E-state index contributed by atoms with van der Waals surface area (Å²) in [4.78, 5) is 10.9. The fourth-order valence-electron chi connectivity index (χ4n) is 1.29. The van der Waals surface area contributed by atoms with Gasteiger partial charge < -0.3 is 14.9 Å². The van der Waals surface area contributed by atoms with E-state index in [1.807, 2.05) is 0 Å². The van der Waals surface area contributed by atoms with Crippen molar-refractivity contribution in [3.05, 3.63) is 0 Å². The largest absolute Gasteiger partial charge is 0.460 e. The van der Waals surface area contributed by atoms with Crippen LogP contribution in [0.1, 0.15) is 25.7 Å². The third kappa shape index (κ3) is 2.46. The van der Waals surface area contributed by atoms with Gasteiger partial charge in [-0.2, -0.15) is 0 Å². The second-order valence-electron chi connectivity index (χ2n) is 3.02. The first-order valence-corrected chi connectivity index (χ1v) is 4.22. The maximum absolute atomic E-state index is 10.9. The van der Waals surface area contributed by atoms with Gasteiger partial charge >= 0.3 is 5.97 Å². The molecule has 2 N–H and O–H groups in total. The number of carbonyl (C=O) groups is 1. The lowest BCUT2D eigenvalue weighted by atomic mass is 10.1. The van der Waals surface area contributed by atoms with Crippen LogP contribution in [0.5, 0.6) is 0 Å². The molecule has 1 aliphatic rings. The smallest absolute Gasteiger partial charge is 0.306 e. The zero-order chi connectivity index (χ0) is 8.97. The molecular weight excluding hydrogens is 160 g/mol. The van der Waals surface area contributed by atoms with Crippen LogP contribution in [0.25, 0.3) is 0 Å². The molecule has 12 heavy (non-hydrogen) atoms. The molecule has 0 aromatic carbocycles. The summed E-state index contributed by atoms with van der Waals surface area (Å²) < 4.78 is 4.92. The second-order valence-corrected chi connectivity index (χ2v) is 3.02. The molecule has 2 unspecified atom stereocenters. The molecule has 0 aromatic rings. The lowest BCUT2D eigenvalue weighted by molar-refractivity contribution is -0.155. The minimum absolute atomic E-state index is 0.273. The lowest BCUT2D eigenvalue weighted by Crippen LogP contribution is -2.32. The van der Waals surface area contributed by atoms with E-state index in [1.54, 1.807) is 0 Å². The van der Waals surface area contributed by atoms with Gasteiger partial charge in [-0.3, -0.25) is 4.79 Å². The molecule has 2 atom stereocenters. The molecule has 0 spiro atoms. The Kier molecular flexibility index (Phi) is 3.49. The van der Waals surface area contributed by atoms with Gasteiger partial charge in [0.25, 0.3) is 0 Å². The minimum atomic E-state index is -0.924. The van der Waals surface area contributed by atoms with Crippen LogP contribution in [0, 0.1) is 0 Å². The van der Waals surface area contributed by atoms with E-state index in [-0.39, 0.29) is 12.6 Å². The van der Waals surface area contributed by atoms with Crippen molar-refractivity contribution >= 4 is 5.97 Å². The van der Waals surface area contributed by atoms with E-state index in [2.05, 4.69) is 0 Å². The highest BCUT2D eigenvalue weighted by molar-refractivity contribution is 5.69. The number of aliphatic hydroxyl groups is 2. The normalized spacial score (nSPS) is 27.5. The van der Waals surface area contributed by atoms with Crippen molar-refractivity contribution in [2.24, 2.45) is 0 Å². The van der Waals surface area contributed by atoms with Gasteiger partial charge in [0, 0.05) is 6.42 Å². The first kappa shape index (κ1) is 9.48. The molecule has 0 saturated carbocycles. The van der Waals surface area contributed by atoms with Gasteiger partial charge in [0.05, 0.1) is 6.61 Å². The van der Waals surface area contributed by atoms with E-state index in [1.165, 1.54) is 0 Å². The van der Waals surface area contributed by atoms with E-state index in [0.29, 0.717) is 12.8 Å². The van der Waals surface area contributed by atoms with E-state index >= 15 is 0 Å². The van der Waals surface area contributed by atoms with Crippen LogP contribution >= 0.6 is 0 Å². The average molecular weight is 174 g/mol. The average Bonchev–Trinajstić information content (AvgIpc) is 2.28. The minimum Gasteiger partial charge on any atom is -0.460 e. The molecule has 1 aliphatic heterocycles. The first-order valence-electron chi connectivity index (χ1n) is 4.22. The number of hydrogen-bond acceptors (Lipinski definition) is 4. The number of ether oxygens (including phenoxy) is 1. The standard InChI is InChI=1S/C8H14O4/c9-5-6(10)7-3-1-2-4-8(11)12-7/h6-7,9-10H,1-5H2. The molecule has 0 radical (unpaired) electrons. The van der Waals surface area contributed by atoms with Crippen LogP contribution in [0.2, 0.25) is 0 Å². The Hall–Kier alpha value is -0.610. The van der Waals surface area contributed by atoms with Gasteiger partial charge in [0.2, 0.25) is 0 Å². The molecule has 0 amide bonds. The number of esters is 1. The molecule has 4 nitrogen and oxygen atoms in total. The van der Waals surface area contributed by atoms with E-state index in [9.17, 15) is 9.90 Å². The van der Waals surface area contributed by atoms with Crippen LogP contribution in [0.3, 0.4) is 0 Å². The summed E-state index contributed by atoms with van der Waals surface area (Å²) in [6, 6.07) is 0. The maximum Gasteiger partial charge on any atom is 0.306 e. The van der Waals surface area contributed by atoms with Crippen molar-refractivity contribution in [2.45, 2.75) is 37.9 Å². The fourth-order valence-corrected chi connectivity index (χ4v) is 1.29. The van der Waals surface area contributed by atoms with Crippen molar-refractivity contribution in [3.63, 3.8) is 0 Å². The van der Waals surface area contributed by atoms with Crippen molar-refractivity contribution < 1.29 is 19.7 Å². The van der Waals surface area contributed by atoms with E-state index in [0.717, 1.165) is 12.8 Å². The Morgan fingerprint density at radius 3 is 3.00 bits per heavy atom. The number of aliphatic hydroxyl groups excluding tert-OH is 2. The van der Waals surface area contributed by atoms with Gasteiger partial charge in [0.15, 0.2) is 0 Å². The second kappa shape index (κ2) is 4.42.